The second-order valence-corrected chi connectivity index (χ2v) is 6.53. The Hall–Kier alpha value is -2.19. The van der Waals surface area contributed by atoms with Gasteiger partial charge >= 0.3 is 0 Å². The highest BCUT2D eigenvalue weighted by Gasteiger charge is 2.14. The lowest BCUT2D eigenvalue weighted by molar-refractivity contribution is 0.638. The first-order chi connectivity index (χ1) is 11.1. The van der Waals surface area contributed by atoms with Gasteiger partial charge in [0.2, 0.25) is 0 Å². The molecular formula is C15H7BrF2N4S. The van der Waals surface area contributed by atoms with E-state index in [-0.39, 0.29) is 16.9 Å². The van der Waals surface area contributed by atoms with Crippen molar-refractivity contribution in [3.8, 4) is 0 Å². The summed E-state index contributed by atoms with van der Waals surface area (Å²) in [6, 6.07) is 6.25. The van der Waals surface area contributed by atoms with Crippen molar-refractivity contribution in [3.63, 3.8) is 0 Å². The molecule has 2 aromatic carbocycles. The van der Waals surface area contributed by atoms with Crippen LogP contribution in [0.15, 0.2) is 40.6 Å². The molecule has 0 radical (unpaired) electrons. The average molecular weight is 393 g/mol. The second-order valence-electron chi connectivity index (χ2n) is 4.76. The standard InChI is InChI=1S/C15H7BrF2N4S/c16-7-3-8(17)12-11(4-7)19-5-20-15(12)22-9-1-2-10-14(13(9)18)23-6-21-10/h1-6H,(H,19,20,22). The largest absolute Gasteiger partial charge is 0.337 e. The number of benzene rings is 2. The van der Waals surface area contributed by atoms with Crippen molar-refractivity contribution in [1.82, 2.24) is 15.0 Å². The number of anilines is 2. The summed E-state index contributed by atoms with van der Waals surface area (Å²) in [6.07, 6.45) is 1.31. The molecule has 0 bridgehead atoms. The molecule has 1 N–H and O–H groups in total. The van der Waals surface area contributed by atoms with Gasteiger partial charge in [0.05, 0.1) is 32.3 Å². The van der Waals surface area contributed by atoms with Crippen molar-refractivity contribution in [3.05, 3.63) is 52.2 Å². The number of hydrogen-bond donors (Lipinski definition) is 1. The third-order valence-electron chi connectivity index (χ3n) is 3.35. The molecule has 2 aromatic heterocycles. The molecule has 0 aliphatic heterocycles. The highest BCUT2D eigenvalue weighted by Crippen LogP contribution is 2.32. The first kappa shape index (κ1) is 14.4. The number of nitrogens with zero attached hydrogens (tertiary/aromatic N) is 3. The maximum absolute atomic E-state index is 14.5. The summed E-state index contributed by atoms with van der Waals surface area (Å²) in [5, 5.41) is 3.06. The summed E-state index contributed by atoms with van der Waals surface area (Å²) < 4.78 is 29.8. The van der Waals surface area contributed by atoms with Crippen LogP contribution in [0.5, 0.6) is 0 Å². The molecule has 2 heterocycles. The molecule has 0 saturated heterocycles. The lowest BCUT2D eigenvalue weighted by Gasteiger charge is -2.10. The molecule has 114 valence electrons. The van der Waals surface area contributed by atoms with E-state index in [4.69, 9.17) is 0 Å². The van der Waals surface area contributed by atoms with Crippen LogP contribution in [0.1, 0.15) is 0 Å². The molecule has 0 unspecified atom stereocenters. The number of thiazole rings is 1. The summed E-state index contributed by atoms with van der Waals surface area (Å²) in [5.74, 6) is -0.714. The smallest absolute Gasteiger partial charge is 0.166 e. The molecule has 23 heavy (non-hydrogen) atoms. The van der Waals surface area contributed by atoms with Crippen LogP contribution in [-0.4, -0.2) is 15.0 Å². The van der Waals surface area contributed by atoms with Gasteiger partial charge in [-0.25, -0.2) is 23.7 Å². The molecule has 4 aromatic rings. The Bertz CT molecular complexity index is 1050. The molecule has 4 rings (SSSR count). The lowest BCUT2D eigenvalue weighted by Crippen LogP contribution is -1.99. The van der Waals surface area contributed by atoms with Gasteiger partial charge in [-0.15, -0.1) is 11.3 Å². The number of rotatable bonds is 2. The number of hydrogen-bond acceptors (Lipinski definition) is 5. The van der Waals surface area contributed by atoms with Crippen LogP contribution < -0.4 is 5.32 Å². The molecule has 0 aliphatic carbocycles. The maximum Gasteiger partial charge on any atom is 0.166 e. The molecule has 0 saturated carbocycles. The van der Waals surface area contributed by atoms with Crippen molar-refractivity contribution in [2.45, 2.75) is 0 Å². The molecule has 0 amide bonds. The molecular weight excluding hydrogens is 386 g/mol. The Balaban J connectivity index is 1.87. The minimum absolute atomic E-state index is 0.208. The Kier molecular flexibility index (Phi) is 3.42. The summed E-state index contributed by atoms with van der Waals surface area (Å²) in [4.78, 5) is 12.2. The Morgan fingerprint density at radius 2 is 1.91 bits per heavy atom. The van der Waals surface area contributed by atoms with E-state index in [2.05, 4.69) is 36.2 Å². The molecule has 0 fully saturated rings. The van der Waals surface area contributed by atoms with Crippen LogP contribution >= 0.6 is 27.3 Å². The quantitative estimate of drug-likeness (QED) is 0.520. The fourth-order valence-electron chi connectivity index (χ4n) is 2.32. The summed E-state index contributed by atoms with van der Waals surface area (Å²) >= 11 is 4.43. The van der Waals surface area contributed by atoms with E-state index in [1.165, 1.54) is 23.7 Å². The lowest BCUT2D eigenvalue weighted by atomic mass is 10.2. The van der Waals surface area contributed by atoms with E-state index in [1.807, 2.05) is 0 Å². The molecule has 8 heteroatoms. The maximum atomic E-state index is 14.5. The van der Waals surface area contributed by atoms with Crippen molar-refractivity contribution in [2.75, 3.05) is 5.32 Å². The van der Waals surface area contributed by atoms with Crippen LogP contribution in [0.3, 0.4) is 0 Å². The zero-order valence-electron chi connectivity index (χ0n) is 11.3. The Morgan fingerprint density at radius 1 is 1.04 bits per heavy atom. The number of aromatic nitrogens is 3. The van der Waals surface area contributed by atoms with Gasteiger partial charge in [0, 0.05) is 4.47 Å². The molecule has 0 spiro atoms. The Morgan fingerprint density at radius 3 is 2.78 bits per heavy atom. The highest BCUT2D eigenvalue weighted by molar-refractivity contribution is 9.10. The van der Waals surface area contributed by atoms with E-state index in [0.717, 1.165) is 0 Å². The van der Waals surface area contributed by atoms with E-state index in [0.29, 0.717) is 20.2 Å². The average Bonchev–Trinajstić information content (AvgIpc) is 2.99. The number of halogens is 3. The van der Waals surface area contributed by atoms with Crippen molar-refractivity contribution >= 4 is 59.9 Å². The van der Waals surface area contributed by atoms with Crippen LogP contribution in [0.2, 0.25) is 0 Å². The summed E-state index contributed by atoms with van der Waals surface area (Å²) in [6.45, 7) is 0. The Labute approximate surface area is 141 Å². The van der Waals surface area contributed by atoms with Gasteiger partial charge in [-0.05, 0) is 24.3 Å². The SMILES string of the molecule is Fc1c(Nc2ncnc3cc(Br)cc(F)c23)ccc2ncsc12. The van der Waals surface area contributed by atoms with Crippen molar-refractivity contribution < 1.29 is 8.78 Å². The van der Waals surface area contributed by atoms with E-state index in [9.17, 15) is 8.78 Å². The highest BCUT2D eigenvalue weighted by atomic mass is 79.9. The first-order valence-corrected chi connectivity index (χ1v) is 8.19. The minimum atomic E-state index is -0.489. The van der Waals surface area contributed by atoms with Crippen LogP contribution in [0, 0.1) is 11.6 Å². The van der Waals surface area contributed by atoms with Crippen LogP contribution in [-0.2, 0) is 0 Å². The predicted molar refractivity (Wildman–Crippen MR) is 90.1 cm³/mol. The number of nitrogens with one attached hydrogen (secondary N) is 1. The topological polar surface area (TPSA) is 50.7 Å². The summed E-state index contributed by atoms with van der Waals surface area (Å²) in [5.41, 5.74) is 2.80. The number of fused-ring (bicyclic) bond motifs is 2. The second kappa shape index (κ2) is 5.47. The summed E-state index contributed by atoms with van der Waals surface area (Å²) in [7, 11) is 0. The zero-order valence-corrected chi connectivity index (χ0v) is 13.8. The zero-order chi connectivity index (χ0) is 16.0. The van der Waals surface area contributed by atoms with Gasteiger partial charge in [-0.3, -0.25) is 0 Å². The van der Waals surface area contributed by atoms with Gasteiger partial charge < -0.3 is 5.32 Å². The minimum Gasteiger partial charge on any atom is -0.337 e. The fraction of sp³-hybridized carbons (Fsp3) is 0. The normalized spacial score (nSPS) is 11.3. The molecule has 4 nitrogen and oxygen atoms in total. The van der Waals surface area contributed by atoms with E-state index < -0.39 is 11.6 Å². The van der Waals surface area contributed by atoms with Gasteiger partial charge in [-0.1, -0.05) is 15.9 Å². The monoisotopic (exact) mass is 392 g/mol. The molecule has 0 atom stereocenters. The van der Waals surface area contributed by atoms with Crippen LogP contribution in [0.4, 0.5) is 20.3 Å². The predicted octanol–water partition coefficient (Wildman–Crippen LogP) is 5.02. The van der Waals surface area contributed by atoms with Gasteiger partial charge in [0.15, 0.2) is 5.82 Å². The van der Waals surface area contributed by atoms with E-state index in [1.54, 1.807) is 23.7 Å². The van der Waals surface area contributed by atoms with Gasteiger partial charge in [0.1, 0.15) is 18.0 Å². The third-order valence-corrected chi connectivity index (χ3v) is 4.64. The molecule has 0 aliphatic rings. The van der Waals surface area contributed by atoms with E-state index >= 15 is 0 Å². The van der Waals surface area contributed by atoms with Crippen molar-refractivity contribution in [2.24, 2.45) is 0 Å². The first-order valence-electron chi connectivity index (χ1n) is 6.52. The van der Waals surface area contributed by atoms with Crippen LogP contribution in [0.25, 0.3) is 21.1 Å². The third kappa shape index (κ3) is 2.43. The van der Waals surface area contributed by atoms with Gasteiger partial charge in [0.25, 0.3) is 0 Å². The van der Waals surface area contributed by atoms with Crippen molar-refractivity contribution in [1.29, 1.82) is 0 Å². The van der Waals surface area contributed by atoms with Gasteiger partial charge in [-0.2, -0.15) is 0 Å². The fourth-order valence-corrected chi connectivity index (χ4v) is 3.47.